The average molecular weight is 249 g/mol. The largest absolute Gasteiger partial charge is 0.493 e. The molecule has 0 fully saturated rings. The molecule has 1 aliphatic rings. The average Bonchev–Trinajstić information content (AvgIpc) is 2.41. The summed E-state index contributed by atoms with van der Waals surface area (Å²) in [5.74, 6) is 0.961. The highest BCUT2D eigenvalue weighted by atomic mass is 16.5. The first-order chi connectivity index (χ1) is 8.63. The zero-order valence-corrected chi connectivity index (χ0v) is 11.0. The standard InChI is InChI=1S/C14H19NO3/c1-9-8-18-12-7-5-4-6-11(12)13(9)15-10(2)14(16)17-3/h4-7,9-10,13,15H,8H2,1-3H3. The lowest BCUT2D eigenvalue weighted by Gasteiger charge is -2.33. The van der Waals surface area contributed by atoms with Gasteiger partial charge in [0.05, 0.1) is 13.7 Å². The van der Waals surface area contributed by atoms with E-state index in [9.17, 15) is 4.79 Å². The Morgan fingerprint density at radius 3 is 2.94 bits per heavy atom. The topological polar surface area (TPSA) is 47.6 Å². The molecule has 0 amide bonds. The Morgan fingerprint density at radius 1 is 1.50 bits per heavy atom. The summed E-state index contributed by atoms with van der Waals surface area (Å²) < 4.78 is 10.4. The van der Waals surface area contributed by atoms with Crippen LogP contribution in [0, 0.1) is 5.92 Å². The van der Waals surface area contributed by atoms with E-state index in [1.165, 1.54) is 7.11 Å². The lowest BCUT2D eigenvalue weighted by molar-refractivity contribution is -0.143. The van der Waals surface area contributed by atoms with E-state index in [4.69, 9.17) is 9.47 Å². The molecule has 4 heteroatoms. The summed E-state index contributed by atoms with van der Waals surface area (Å²) in [4.78, 5) is 11.5. The van der Waals surface area contributed by atoms with Crippen LogP contribution in [-0.2, 0) is 9.53 Å². The molecular weight excluding hydrogens is 230 g/mol. The third-order valence-electron chi connectivity index (χ3n) is 3.31. The van der Waals surface area contributed by atoms with Crippen molar-refractivity contribution in [3.63, 3.8) is 0 Å². The molecule has 1 aromatic rings. The van der Waals surface area contributed by atoms with Crippen LogP contribution in [0.2, 0.25) is 0 Å². The van der Waals surface area contributed by atoms with Gasteiger partial charge in [-0.25, -0.2) is 0 Å². The second kappa shape index (κ2) is 5.40. The van der Waals surface area contributed by atoms with Crippen LogP contribution >= 0.6 is 0 Å². The van der Waals surface area contributed by atoms with E-state index in [0.717, 1.165) is 11.3 Å². The number of esters is 1. The maximum atomic E-state index is 11.5. The highest BCUT2D eigenvalue weighted by Gasteiger charge is 2.30. The van der Waals surface area contributed by atoms with Crippen LogP contribution < -0.4 is 10.1 Å². The van der Waals surface area contributed by atoms with E-state index >= 15 is 0 Å². The normalized spacial score (nSPS) is 23.7. The molecule has 0 saturated carbocycles. The monoisotopic (exact) mass is 249 g/mol. The third kappa shape index (κ3) is 2.48. The molecule has 98 valence electrons. The first-order valence-electron chi connectivity index (χ1n) is 6.19. The molecule has 0 spiro atoms. The van der Waals surface area contributed by atoms with Gasteiger partial charge in [-0.2, -0.15) is 0 Å². The zero-order valence-electron chi connectivity index (χ0n) is 11.0. The number of carbonyl (C=O) groups excluding carboxylic acids is 1. The van der Waals surface area contributed by atoms with E-state index in [2.05, 4.69) is 12.2 Å². The quantitative estimate of drug-likeness (QED) is 0.831. The van der Waals surface area contributed by atoms with Crippen molar-refractivity contribution in [2.45, 2.75) is 25.9 Å². The summed E-state index contributed by atoms with van der Waals surface area (Å²) in [5.41, 5.74) is 1.10. The van der Waals surface area contributed by atoms with Crippen LogP contribution in [0.1, 0.15) is 25.5 Å². The summed E-state index contributed by atoms with van der Waals surface area (Å²) in [6.45, 7) is 4.58. The van der Waals surface area contributed by atoms with Crippen molar-refractivity contribution in [1.82, 2.24) is 5.32 Å². The number of ether oxygens (including phenoxy) is 2. The number of para-hydroxylation sites is 1. The summed E-state index contributed by atoms with van der Waals surface area (Å²) in [6.07, 6.45) is 0. The summed E-state index contributed by atoms with van der Waals surface area (Å²) in [5, 5.41) is 3.32. The molecule has 0 bridgehead atoms. The molecule has 4 nitrogen and oxygen atoms in total. The van der Waals surface area contributed by atoms with Crippen LogP contribution in [0.15, 0.2) is 24.3 Å². The first kappa shape index (κ1) is 12.9. The molecule has 1 aliphatic heterocycles. The van der Waals surface area contributed by atoms with Gasteiger partial charge in [0.1, 0.15) is 11.8 Å². The number of fused-ring (bicyclic) bond motifs is 1. The molecule has 1 heterocycles. The second-order valence-corrected chi connectivity index (χ2v) is 4.72. The number of rotatable bonds is 3. The Kier molecular flexibility index (Phi) is 3.87. The fourth-order valence-corrected chi connectivity index (χ4v) is 2.26. The van der Waals surface area contributed by atoms with Crippen molar-refractivity contribution >= 4 is 5.97 Å². The number of methoxy groups -OCH3 is 1. The van der Waals surface area contributed by atoms with Gasteiger partial charge in [-0.15, -0.1) is 0 Å². The minimum atomic E-state index is -0.325. The summed E-state index contributed by atoms with van der Waals surface area (Å²) in [7, 11) is 1.40. The number of hydrogen-bond donors (Lipinski definition) is 1. The van der Waals surface area contributed by atoms with Crippen molar-refractivity contribution in [1.29, 1.82) is 0 Å². The Bertz CT molecular complexity index is 433. The smallest absolute Gasteiger partial charge is 0.322 e. The minimum absolute atomic E-state index is 0.115. The highest BCUT2D eigenvalue weighted by Crippen LogP contribution is 2.35. The summed E-state index contributed by atoms with van der Waals surface area (Å²) in [6, 6.07) is 7.72. The Balaban J connectivity index is 2.19. The second-order valence-electron chi connectivity index (χ2n) is 4.72. The van der Waals surface area contributed by atoms with Gasteiger partial charge >= 0.3 is 5.97 Å². The first-order valence-corrected chi connectivity index (χ1v) is 6.19. The van der Waals surface area contributed by atoms with Crippen molar-refractivity contribution in [3.8, 4) is 5.75 Å². The van der Waals surface area contributed by atoms with Gasteiger partial charge in [-0.1, -0.05) is 25.1 Å². The molecule has 0 aromatic heterocycles. The van der Waals surface area contributed by atoms with Gasteiger partial charge < -0.3 is 9.47 Å². The molecule has 0 aliphatic carbocycles. The third-order valence-corrected chi connectivity index (χ3v) is 3.31. The predicted octanol–water partition coefficient (Wildman–Crippen LogP) is 1.91. The molecule has 3 unspecified atom stereocenters. The van der Waals surface area contributed by atoms with Crippen molar-refractivity contribution < 1.29 is 14.3 Å². The Labute approximate surface area is 107 Å². The van der Waals surface area contributed by atoms with Crippen molar-refractivity contribution in [2.24, 2.45) is 5.92 Å². The van der Waals surface area contributed by atoms with Crippen LogP contribution in [-0.4, -0.2) is 25.7 Å². The van der Waals surface area contributed by atoms with Crippen molar-refractivity contribution in [3.05, 3.63) is 29.8 Å². The predicted molar refractivity (Wildman–Crippen MR) is 68.5 cm³/mol. The molecule has 3 atom stereocenters. The molecule has 0 saturated heterocycles. The van der Waals surface area contributed by atoms with E-state index < -0.39 is 0 Å². The highest BCUT2D eigenvalue weighted by molar-refractivity contribution is 5.75. The van der Waals surface area contributed by atoms with E-state index in [1.807, 2.05) is 31.2 Å². The number of nitrogens with one attached hydrogen (secondary N) is 1. The number of hydrogen-bond acceptors (Lipinski definition) is 4. The Morgan fingerprint density at radius 2 is 2.22 bits per heavy atom. The molecule has 1 N–H and O–H groups in total. The van der Waals surface area contributed by atoms with Crippen LogP contribution in [0.5, 0.6) is 5.75 Å². The Hall–Kier alpha value is -1.55. The fraction of sp³-hybridized carbons (Fsp3) is 0.500. The molecule has 2 rings (SSSR count). The van der Waals surface area contributed by atoms with Gasteiger partial charge in [0.2, 0.25) is 0 Å². The van der Waals surface area contributed by atoms with E-state index in [-0.39, 0.29) is 18.1 Å². The van der Waals surface area contributed by atoms with Gasteiger partial charge in [0.15, 0.2) is 0 Å². The number of benzene rings is 1. The maximum Gasteiger partial charge on any atom is 0.322 e. The minimum Gasteiger partial charge on any atom is -0.493 e. The lowest BCUT2D eigenvalue weighted by atomic mass is 9.91. The van der Waals surface area contributed by atoms with Gasteiger partial charge in [0, 0.05) is 17.5 Å². The molecule has 18 heavy (non-hydrogen) atoms. The summed E-state index contributed by atoms with van der Waals surface area (Å²) >= 11 is 0. The van der Waals surface area contributed by atoms with E-state index in [1.54, 1.807) is 0 Å². The van der Waals surface area contributed by atoms with E-state index in [0.29, 0.717) is 12.5 Å². The molecular formula is C14H19NO3. The van der Waals surface area contributed by atoms with Crippen LogP contribution in [0.4, 0.5) is 0 Å². The van der Waals surface area contributed by atoms with Crippen LogP contribution in [0.25, 0.3) is 0 Å². The van der Waals surface area contributed by atoms with Crippen LogP contribution in [0.3, 0.4) is 0 Å². The maximum absolute atomic E-state index is 11.5. The van der Waals surface area contributed by atoms with Gasteiger partial charge in [-0.05, 0) is 13.0 Å². The zero-order chi connectivity index (χ0) is 13.1. The lowest BCUT2D eigenvalue weighted by Crippen LogP contribution is -2.42. The SMILES string of the molecule is COC(=O)C(C)NC1c2ccccc2OCC1C. The van der Waals surface area contributed by atoms with Gasteiger partial charge in [0.25, 0.3) is 0 Å². The molecule has 1 aromatic carbocycles. The number of carbonyl (C=O) groups is 1. The molecule has 0 radical (unpaired) electrons. The fourth-order valence-electron chi connectivity index (χ4n) is 2.26. The van der Waals surface area contributed by atoms with Crippen molar-refractivity contribution in [2.75, 3.05) is 13.7 Å². The van der Waals surface area contributed by atoms with Gasteiger partial charge in [-0.3, -0.25) is 10.1 Å².